The van der Waals surface area contributed by atoms with Gasteiger partial charge >= 0.3 is 0 Å². The Labute approximate surface area is 150 Å². The largest absolute Gasteiger partial charge is 0.369 e. The second-order valence-corrected chi connectivity index (χ2v) is 7.91. The molecule has 2 fully saturated rings. The molecule has 3 heterocycles. The third-order valence-electron chi connectivity index (χ3n) is 6.26. The van der Waals surface area contributed by atoms with Crippen LogP contribution in [0, 0.1) is 5.92 Å². The van der Waals surface area contributed by atoms with Gasteiger partial charge in [0.25, 0.3) is 0 Å². The topological polar surface area (TPSA) is 47.6 Å². The van der Waals surface area contributed by atoms with Crippen molar-refractivity contribution in [3.63, 3.8) is 0 Å². The fourth-order valence-electron chi connectivity index (χ4n) is 4.68. The van der Waals surface area contributed by atoms with Gasteiger partial charge in [0, 0.05) is 26.2 Å². The van der Waals surface area contributed by atoms with E-state index in [4.69, 9.17) is 0 Å². The van der Waals surface area contributed by atoms with Crippen LogP contribution in [0.2, 0.25) is 0 Å². The molecule has 0 aliphatic carbocycles. The zero-order chi connectivity index (χ0) is 17.3. The van der Waals surface area contributed by atoms with Crippen LogP contribution in [0.25, 0.3) is 0 Å². The first-order valence-corrected chi connectivity index (χ1v) is 9.82. The summed E-state index contributed by atoms with van der Waals surface area (Å²) in [6.07, 6.45) is 4.45. The van der Waals surface area contributed by atoms with Crippen LogP contribution >= 0.6 is 0 Å². The van der Waals surface area contributed by atoms with E-state index in [-0.39, 0.29) is 5.91 Å². The number of nitrogens with zero attached hydrogens (tertiary/aromatic N) is 2. The predicted octanol–water partition coefficient (Wildman–Crippen LogP) is 2.62. The molecule has 5 heteroatoms. The van der Waals surface area contributed by atoms with E-state index < -0.39 is 5.54 Å². The van der Waals surface area contributed by atoms with Gasteiger partial charge < -0.3 is 20.4 Å². The standard InChI is InChI=1S/C20H30N4O/c1-2-23-11-5-6-16(14-23)15-24-12-9-20(10-13-24)19(25)21-17-7-3-4-8-18(17)22-20/h3-4,7-8,16,22H,2,5-6,9-15H2,1H3,(H,21,25)/t16-/m1/s1. The molecule has 1 aromatic carbocycles. The Balaban J connectivity index is 1.36. The number of hydrogen-bond donors (Lipinski definition) is 2. The minimum absolute atomic E-state index is 0.140. The molecule has 1 atom stereocenters. The molecule has 0 saturated carbocycles. The third-order valence-corrected chi connectivity index (χ3v) is 6.26. The summed E-state index contributed by atoms with van der Waals surface area (Å²) in [7, 11) is 0. The smallest absolute Gasteiger partial charge is 0.250 e. The average molecular weight is 342 g/mol. The van der Waals surface area contributed by atoms with E-state index in [0.29, 0.717) is 0 Å². The van der Waals surface area contributed by atoms with Crippen LogP contribution in [0.5, 0.6) is 0 Å². The Morgan fingerprint density at radius 1 is 1.12 bits per heavy atom. The Bertz CT molecular complexity index is 624. The molecular formula is C20H30N4O. The summed E-state index contributed by atoms with van der Waals surface area (Å²) in [6.45, 7) is 9.13. The van der Waals surface area contributed by atoms with Crippen molar-refractivity contribution in [2.45, 2.75) is 38.1 Å². The summed E-state index contributed by atoms with van der Waals surface area (Å²) in [5.41, 5.74) is 1.54. The number of anilines is 2. The van der Waals surface area contributed by atoms with E-state index in [0.717, 1.165) is 43.2 Å². The molecule has 25 heavy (non-hydrogen) atoms. The Morgan fingerprint density at radius 2 is 1.88 bits per heavy atom. The van der Waals surface area contributed by atoms with Crippen LogP contribution in [0.4, 0.5) is 11.4 Å². The van der Waals surface area contributed by atoms with Gasteiger partial charge in [0.1, 0.15) is 5.54 Å². The molecule has 5 nitrogen and oxygen atoms in total. The highest BCUT2D eigenvalue weighted by Crippen LogP contribution is 2.36. The fourth-order valence-corrected chi connectivity index (χ4v) is 4.68. The first-order chi connectivity index (χ1) is 12.2. The second-order valence-electron chi connectivity index (χ2n) is 7.91. The molecule has 0 bridgehead atoms. The SMILES string of the molecule is CCN1CCC[C@@H](CN2CCC3(CC2)Nc2ccccc2NC3=O)C1. The number of piperidine rings is 2. The molecule has 4 rings (SSSR count). The van der Waals surface area contributed by atoms with E-state index in [1.807, 2.05) is 18.2 Å². The average Bonchev–Trinajstić information content (AvgIpc) is 2.65. The second kappa shape index (κ2) is 6.96. The predicted molar refractivity (Wildman–Crippen MR) is 102 cm³/mol. The molecule has 0 unspecified atom stereocenters. The highest BCUT2D eigenvalue weighted by Gasteiger charge is 2.44. The van der Waals surface area contributed by atoms with E-state index in [1.165, 1.54) is 39.0 Å². The van der Waals surface area contributed by atoms with Crippen molar-refractivity contribution in [3.8, 4) is 0 Å². The number of carbonyl (C=O) groups is 1. The molecule has 0 aromatic heterocycles. The van der Waals surface area contributed by atoms with Crippen molar-refractivity contribution >= 4 is 17.3 Å². The summed E-state index contributed by atoms with van der Waals surface area (Å²) >= 11 is 0. The number of fused-ring (bicyclic) bond motifs is 1. The van der Waals surface area contributed by atoms with Gasteiger partial charge in [0.15, 0.2) is 0 Å². The van der Waals surface area contributed by atoms with Crippen molar-refractivity contribution in [2.24, 2.45) is 5.92 Å². The maximum Gasteiger partial charge on any atom is 0.250 e. The third kappa shape index (κ3) is 3.40. The van der Waals surface area contributed by atoms with Crippen molar-refractivity contribution < 1.29 is 4.79 Å². The van der Waals surface area contributed by atoms with E-state index >= 15 is 0 Å². The number of carbonyl (C=O) groups excluding carboxylic acids is 1. The number of hydrogen-bond acceptors (Lipinski definition) is 4. The molecular weight excluding hydrogens is 312 g/mol. The van der Waals surface area contributed by atoms with Gasteiger partial charge in [-0.15, -0.1) is 0 Å². The van der Waals surface area contributed by atoms with Gasteiger partial charge in [0.05, 0.1) is 11.4 Å². The van der Waals surface area contributed by atoms with Gasteiger partial charge in [0.2, 0.25) is 5.91 Å². The number of rotatable bonds is 3. The van der Waals surface area contributed by atoms with Gasteiger partial charge in [-0.1, -0.05) is 19.1 Å². The zero-order valence-electron chi connectivity index (χ0n) is 15.3. The Hall–Kier alpha value is -1.59. The summed E-state index contributed by atoms with van der Waals surface area (Å²) in [4.78, 5) is 17.9. The fraction of sp³-hybridized carbons (Fsp3) is 0.650. The van der Waals surface area contributed by atoms with Crippen molar-refractivity contribution in [2.75, 3.05) is 49.9 Å². The number of amides is 1. The number of nitrogens with one attached hydrogen (secondary N) is 2. The van der Waals surface area contributed by atoms with Gasteiger partial charge in [-0.05, 0) is 56.8 Å². The first-order valence-electron chi connectivity index (χ1n) is 9.82. The minimum atomic E-state index is -0.424. The molecule has 1 spiro atoms. The van der Waals surface area contributed by atoms with Gasteiger partial charge in [-0.2, -0.15) is 0 Å². The number of likely N-dealkylation sites (tertiary alicyclic amines) is 2. The van der Waals surface area contributed by atoms with E-state index in [2.05, 4.69) is 33.4 Å². The highest BCUT2D eigenvalue weighted by atomic mass is 16.2. The van der Waals surface area contributed by atoms with Crippen molar-refractivity contribution in [3.05, 3.63) is 24.3 Å². The van der Waals surface area contributed by atoms with E-state index in [9.17, 15) is 4.79 Å². The molecule has 0 radical (unpaired) electrons. The lowest BCUT2D eigenvalue weighted by atomic mass is 9.84. The lowest BCUT2D eigenvalue weighted by Crippen LogP contribution is -2.59. The molecule has 136 valence electrons. The summed E-state index contributed by atoms with van der Waals surface area (Å²) in [5, 5.41) is 6.66. The number of benzene rings is 1. The molecule has 3 aliphatic rings. The monoisotopic (exact) mass is 342 g/mol. The first kappa shape index (κ1) is 16.9. The molecule has 1 aromatic rings. The van der Waals surface area contributed by atoms with Gasteiger partial charge in [-0.3, -0.25) is 4.79 Å². The van der Waals surface area contributed by atoms with Crippen LogP contribution in [-0.2, 0) is 4.79 Å². The quantitative estimate of drug-likeness (QED) is 0.886. The number of para-hydroxylation sites is 2. The molecule has 2 saturated heterocycles. The van der Waals surface area contributed by atoms with Gasteiger partial charge in [-0.25, -0.2) is 0 Å². The molecule has 2 N–H and O–H groups in total. The molecule has 3 aliphatic heterocycles. The van der Waals surface area contributed by atoms with E-state index in [1.54, 1.807) is 0 Å². The van der Waals surface area contributed by atoms with Crippen molar-refractivity contribution in [1.82, 2.24) is 9.80 Å². The molecule has 1 amide bonds. The van der Waals surface area contributed by atoms with Crippen LogP contribution in [0.1, 0.15) is 32.6 Å². The Morgan fingerprint density at radius 3 is 2.64 bits per heavy atom. The van der Waals surface area contributed by atoms with Crippen LogP contribution < -0.4 is 10.6 Å². The highest BCUT2D eigenvalue weighted by molar-refractivity contribution is 6.06. The maximum atomic E-state index is 12.7. The lowest BCUT2D eigenvalue weighted by Gasteiger charge is -2.45. The lowest BCUT2D eigenvalue weighted by molar-refractivity contribution is -0.122. The Kier molecular flexibility index (Phi) is 4.69. The normalized spacial score (nSPS) is 26.8. The minimum Gasteiger partial charge on any atom is -0.369 e. The van der Waals surface area contributed by atoms with Crippen LogP contribution in [0.15, 0.2) is 24.3 Å². The summed E-state index contributed by atoms with van der Waals surface area (Å²) in [6, 6.07) is 8.01. The van der Waals surface area contributed by atoms with Crippen LogP contribution in [-0.4, -0.2) is 60.5 Å². The zero-order valence-corrected chi connectivity index (χ0v) is 15.3. The van der Waals surface area contributed by atoms with Crippen molar-refractivity contribution in [1.29, 1.82) is 0 Å². The maximum absolute atomic E-state index is 12.7. The van der Waals surface area contributed by atoms with Crippen LogP contribution in [0.3, 0.4) is 0 Å². The summed E-state index contributed by atoms with van der Waals surface area (Å²) in [5.74, 6) is 0.928. The summed E-state index contributed by atoms with van der Waals surface area (Å²) < 4.78 is 0.